The Morgan fingerprint density at radius 1 is 1.32 bits per heavy atom. The Hall–Kier alpha value is -2.12. The molecule has 5 nitrogen and oxygen atoms in total. The van der Waals surface area contributed by atoms with Crippen molar-refractivity contribution in [3.05, 3.63) is 30.1 Å². The molecule has 1 amide bonds. The summed E-state index contributed by atoms with van der Waals surface area (Å²) in [7, 11) is 0. The molecule has 104 valence electrons. The minimum absolute atomic E-state index is 0.247. The molecule has 0 saturated carbocycles. The van der Waals surface area contributed by atoms with Gasteiger partial charge >= 0.3 is 12.1 Å². The molecule has 0 bridgehead atoms. The number of carboxylic acids is 1. The van der Waals surface area contributed by atoms with Crippen molar-refractivity contribution in [3.63, 3.8) is 0 Å². The summed E-state index contributed by atoms with van der Waals surface area (Å²) in [6.45, 7) is -2.59. The summed E-state index contributed by atoms with van der Waals surface area (Å²) in [5.74, 6) is -2.43. The van der Waals surface area contributed by atoms with E-state index in [9.17, 15) is 22.8 Å². The van der Waals surface area contributed by atoms with E-state index in [2.05, 4.69) is 4.98 Å². The molecule has 1 rings (SSSR count). The summed E-state index contributed by atoms with van der Waals surface area (Å²) in [6, 6.07) is 4.66. The SMILES string of the molecule is O=C(O)CN(CC(F)(F)F)C(=O)Cc1ccccn1. The van der Waals surface area contributed by atoms with Crippen molar-refractivity contribution in [2.24, 2.45) is 0 Å². The highest BCUT2D eigenvalue weighted by Gasteiger charge is 2.33. The summed E-state index contributed by atoms with van der Waals surface area (Å²) in [5.41, 5.74) is 0.282. The summed E-state index contributed by atoms with van der Waals surface area (Å²) in [4.78, 5) is 26.2. The number of amides is 1. The molecule has 1 N–H and O–H groups in total. The van der Waals surface area contributed by atoms with Gasteiger partial charge in [-0.1, -0.05) is 6.07 Å². The Labute approximate surface area is 106 Å². The van der Waals surface area contributed by atoms with E-state index in [1.807, 2.05) is 0 Å². The summed E-state index contributed by atoms with van der Waals surface area (Å²) >= 11 is 0. The zero-order valence-electron chi connectivity index (χ0n) is 9.72. The van der Waals surface area contributed by atoms with E-state index >= 15 is 0 Å². The molecule has 0 fully saturated rings. The lowest BCUT2D eigenvalue weighted by Crippen LogP contribution is -2.42. The second-order valence-corrected chi connectivity index (χ2v) is 3.76. The third-order valence-corrected chi connectivity index (χ3v) is 2.11. The third-order valence-electron chi connectivity index (χ3n) is 2.11. The van der Waals surface area contributed by atoms with Crippen molar-refractivity contribution in [3.8, 4) is 0 Å². The van der Waals surface area contributed by atoms with Crippen LogP contribution in [0.3, 0.4) is 0 Å². The number of carboxylic acid groups (broad SMARTS) is 1. The quantitative estimate of drug-likeness (QED) is 0.874. The number of alkyl halides is 3. The molecule has 1 heterocycles. The summed E-state index contributed by atoms with van der Waals surface area (Å²) in [5, 5.41) is 8.52. The van der Waals surface area contributed by atoms with Gasteiger partial charge in [-0.05, 0) is 12.1 Å². The second kappa shape index (κ2) is 6.17. The highest BCUT2D eigenvalue weighted by molar-refractivity contribution is 5.82. The van der Waals surface area contributed by atoms with Gasteiger partial charge in [0.05, 0.1) is 6.42 Å². The van der Waals surface area contributed by atoms with Gasteiger partial charge in [0.2, 0.25) is 5.91 Å². The molecule has 0 aliphatic rings. The average Bonchev–Trinajstić information content (AvgIpc) is 2.27. The third kappa shape index (κ3) is 5.84. The van der Waals surface area contributed by atoms with E-state index in [4.69, 9.17) is 5.11 Å². The van der Waals surface area contributed by atoms with Gasteiger partial charge < -0.3 is 10.0 Å². The van der Waals surface area contributed by atoms with Crippen molar-refractivity contribution < 1.29 is 27.9 Å². The van der Waals surface area contributed by atoms with Gasteiger partial charge in [0, 0.05) is 11.9 Å². The number of rotatable bonds is 5. The maximum atomic E-state index is 12.3. The van der Waals surface area contributed by atoms with E-state index in [1.54, 1.807) is 12.1 Å². The number of aliphatic carboxylic acids is 1. The lowest BCUT2D eigenvalue weighted by molar-refractivity contribution is -0.165. The van der Waals surface area contributed by atoms with Crippen LogP contribution >= 0.6 is 0 Å². The fraction of sp³-hybridized carbons (Fsp3) is 0.364. The van der Waals surface area contributed by atoms with Gasteiger partial charge in [-0.3, -0.25) is 14.6 Å². The fourth-order valence-electron chi connectivity index (χ4n) is 1.38. The van der Waals surface area contributed by atoms with E-state index < -0.39 is 31.1 Å². The summed E-state index contributed by atoms with van der Waals surface area (Å²) < 4.78 is 36.8. The van der Waals surface area contributed by atoms with Crippen LogP contribution in [0.2, 0.25) is 0 Å². The van der Waals surface area contributed by atoms with Crippen molar-refractivity contribution in [2.45, 2.75) is 12.6 Å². The van der Waals surface area contributed by atoms with Gasteiger partial charge in [-0.2, -0.15) is 13.2 Å². The number of carbonyl (C=O) groups excluding carboxylic acids is 1. The zero-order valence-corrected chi connectivity index (χ0v) is 9.72. The van der Waals surface area contributed by atoms with E-state index in [1.165, 1.54) is 12.3 Å². The van der Waals surface area contributed by atoms with Crippen molar-refractivity contribution in [2.75, 3.05) is 13.1 Å². The summed E-state index contributed by atoms with van der Waals surface area (Å²) in [6.07, 6.45) is -3.62. The van der Waals surface area contributed by atoms with Crippen LogP contribution in [0, 0.1) is 0 Å². The minimum Gasteiger partial charge on any atom is -0.480 e. The molecule has 0 aromatic carbocycles. The van der Waals surface area contributed by atoms with Crippen molar-refractivity contribution >= 4 is 11.9 Å². The van der Waals surface area contributed by atoms with Gasteiger partial charge in [-0.15, -0.1) is 0 Å². The average molecular weight is 276 g/mol. The maximum Gasteiger partial charge on any atom is 0.406 e. The van der Waals surface area contributed by atoms with Crippen LogP contribution in [0.4, 0.5) is 13.2 Å². The van der Waals surface area contributed by atoms with Crippen LogP contribution in [-0.2, 0) is 16.0 Å². The number of nitrogens with zero attached hydrogens (tertiary/aromatic N) is 2. The topological polar surface area (TPSA) is 70.5 Å². The number of aromatic nitrogens is 1. The molecule has 19 heavy (non-hydrogen) atoms. The van der Waals surface area contributed by atoms with Gasteiger partial charge in [0.15, 0.2) is 0 Å². The lowest BCUT2D eigenvalue weighted by Gasteiger charge is -2.21. The van der Waals surface area contributed by atoms with Crippen molar-refractivity contribution in [1.29, 1.82) is 0 Å². The Morgan fingerprint density at radius 3 is 2.47 bits per heavy atom. The molecule has 0 spiro atoms. The molecular weight excluding hydrogens is 265 g/mol. The Kier molecular flexibility index (Phi) is 4.85. The first-order chi connectivity index (χ1) is 8.78. The number of halogens is 3. The Bertz CT molecular complexity index is 448. The van der Waals surface area contributed by atoms with Crippen LogP contribution in [-0.4, -0.2) is 46.1 Å². The van der Waals surface area contributed by atoms with E-state index in [0.717, 1.165) is 0 Å². The van der Waals surface area contributed by atoms with Gasteiger partial charge in [-0.25, -0.2) is 0 Å². The first kappa shape index (κ1) is 14.9. The molecular formula is C11H11F3N2O3. The predicted molar refractivity (Wildman–Crippen MR) is 58.2 cm³/mol. The van der Waals surface area contributed by atoms with E-state index in [0.29, 0.717) is 0 Å². The zero-order chi connectivity index (χ0) is 14.5. The number of pyridine rings is 1. The lowest BCUT2D eigenvalue weighted by atomic mass is 10.2. The number of hydrogen-bond acceptors (Lipinski definition) is 3. The highest BCUT2D eigenvalue weighted by atomic mass is 19.4. The Balaban J connectivity index is 2.74. The van der Waals surface area contributed by atoms with Gasteiger partial charge in [0.25, 0.3) is 0 Å². The largest absolute Gasteiger partial charge is 0.480 e. The van der Waals surface area contributed by atoms with Crippen LogP contribution < -0.4 is 0 Å². The predicted octanol–water partition coefficient (Wildman–Crippen LogP) is 1.10. The molecule has 1 aromatic heterocycles. The normalized spacial score (nSPS) is 11.1. The molecule has 0 unspecified atom stereocenters. The highest BCUT2D eigenvalue weighted by Crippen LogP contribution is 2.17. The maximum absolute atomic E-state index is 12.3. The van der Waals surface area contributed by atoms with E-state index in [-0.39, 0.29) is 17.0 Å². The monoisotopic (exact) mass is 276 g/mol. The van der Waals surface area contributed by atoms with Crippen LogP contribution in [0.15, 0.2) is 24.4 Å². The van der Waals surface area contributed by atoms with Crippen molar-refractivity contribution in [1.82, 2.24) is 9.88 Å². The molecule has 1 aromatic rings. The fourth-order valence-corrected chi connectivity index (χ4v) is 1.38. The smallest absolute Gasteiger partial charge is 0.406 e. The number of hydrogen-bond donors (Lipinski definition) is 1. The molecule has 0 atom stereocenters. The number of carbonyl (C=O) groups is 2. The molecule has 0 saturated heterocycles. The first-order valence-corrected chi connectivity index (χ1v) is 5.24. The molecule has 0 aliphatic heterocycles. The molecule has 8 heteroatoms. The van der Waals surface area contributed by atoms with Crippen LogP contribution in [0.1, 0.15) is 5.69 Å². The van der Waals surface area contributed by atoms with Crippen LogP contribution in [0.5, 0.6) is 0 Å². The van der Waals surface area contributed by atoms with Crippen LogP contribution in [0.25, 0.3) is 0 Å². The Morgan fingerprint density at radius 2 is 2.00 bits per heavy atom. The standard InChI is InChI=1S/C11H11F3N2O3/c12-11(13,14)7-16(6-10(18)19)9(17)5-8-3-1-2-4-15-8/h1-4H,5-7H2,(H,18,19). The first-order valence-electron chi connectivity index (χ1n) is 5.24. The molecule has 0 aliphatic carbocycles. The second-order valence-electron chi connectivity index (χ2n) is 3.76. The molecule has 0 radical (unpaired) electrons. The van der Waals surface area contributed by atoms with Gasteiger partial charge in [0.1, 0.15) is 13.1 Å². The minimum atomic E-state index is -4.64.